The summed E-state index contributed by atoms with van der Waals surface area (Å²) < 4.78 is 49.7. The van der Waals surface area contributed by atoms with Gasteiger partial charge in [0.05, 0.1) is 46.1 Å². The number of nitrogens with zero attached hydrogens (tertiary/aromatic N) is 6. The molecule has 1 aliphatic heterocycles. The SMILES string of the molecule is Cc1nc2cnc(N3CCC(C4(CF)CC(F)(F)C4)CC3)c(C#N)c2c(=O)n1CCOc1ccc(Cl)cc1-c1ccnc2c(C(=O)O)csc12. The Morgan fingerprint density at radius 3 is 2.64 bits per heavy atom. The summed E-state index contributed by atoms with van der Waals surface area (Å²) >= 11 is 7.61. The molecule has 0 unspecified atom stereocenters. The molecule has 1 saturated heterocycles. The number of piperidine rings is 1. The second-order valence-electron chi connectivity index (χ2n) is 12.9. The van der Waals surface area contributed by atoms with Crippen molar-refractivity contribution in [3.8, 4) is 22.9 Å². The summed E-state index contributed by atoms with van der Waals surface area (Å²) in [6.07, 6.45) is 3.05. The van der Waals surface area contributed by atoms with Gasteiger partial charge in [-0.15, -0.1) is 11.3 Å². The predicted octanol–water partition coefficient (Wildman–Crippen LogP) is 7.28. The summed E-state index contributed by atoms with van der Waals surface area (Å²) in [7, 11) is 0. The fourth-order valence-corrected chi connectivity index (χ4v) is 8.67. The monoisotopic (exact) mass is 722 g/mol. The Hall–Kier alpha value is -4.74. The van der Waals surface area contributed by atoms with E-state index in [0.717, 1.165) is 0 Å². The Morgan fingerprint density at radius 1 is 1.20 bits per heavy atom. The van der Waals surface area contributed by atoms with Gasteiger partial charge in [-0.2, -0.15) is 5.26 Å². The molecule has 4 aromatic heterocycles. The summed E-state index contributed by atoms with van der Waals surface area (Å²) in [4.78, 5) is 40.8. The maximum Gasteiger partial charge on any atom is 0.338 e. The lowest BCUT2D eigenvalue weighted by molar-refractivity contribution is -0.192. The van der Waals surface area contributed by atoms with E-state index < -0.39 is 42.4 Å². The molecule has 5 aromatic rings. The number of hydrogen-bond donors (Lipinski definition) is 1. The van der Waals surface area contributed by atoms with Crippen LogP contribution < -0.4 is 15.2 Å². The third-order valence-electron chi connectivity index (χ3n) is 9.92. The van der Waals surface area contributed by atoms with Crippen LogP contribution in [-0.2, 0) is 6.54 Å². The number of aryl methyl sites for hydroxylation is 1. The number of anilines is 1. The molecule has 0 atom stereocenters. The number of aromatic nitrogens is 4. The number of carboxylic acid groups (broad SMARTS) is 1. The van der Waals surface area contributed by atoms with E-state index in [0.29, 0.717) is 69.7 Å². The fourth-order valence-electron chi connectivity index (χ4n) is 7.47. The lowest BCUT2D eigenvalue weighted by atomic mass is 9.57. The highest BCUT2D eigenvalue weighted by molar-refractivity contribution is 7.18. The molecule has 15 heteroatoms. The number of aromatic carboxylic acids is 1. The smallest absolute Gasteiger partial charge is 0.338 e. The van der Waals surface area contributed by atoms with Crippen molar-refractivity contribution in [3.05, 3.63) is 74.4 Å². The zero-order valence-electron chi connectivity index (χ0n) is 26.8. The minimum Gasteiger partial charge on any atom is -0.491 e. The van der Waals surface area contributed by atoms with Crippen LogP contribution in [0.15, 0.2) is 46.8 Å². The number of alkyl halides is 3. The number of benzene rings is 1. The fraction of sp³-hybridized carbons (Fsp3) is 0.371. The second-order valence-corrected chi connectivity index (χ2v) is 14.2. The van der Waals surface area contributed by atoms with Crippen molar-refractivity contribution in [1.82, 2.24) is 19.5 Å². The maximum absolute atomic E-state index is 14.0. The van der Waals surface area contributed by atoms with Gasteiger partial charge in [0.25, 0.3) is 5.56 Å². The van der Waals surface area contributed by atoms with Crippen LogP contribution in [0.25, 0.3) is 32.2 Å². The molecular weight excluding hydrogens is 693 g/mol. The zero-order valence-corrected chi connectivity index (χ0v) is 28.3. The van der Waals surface area contributed by atoms with Crippen LogP contribution in [0.2, 0.25) is 5.02 Å². The topological polar surface area (TPSA) is 134 Å². The van der Waals surface area contributed by atoms with Gasteiger partial charge in [0.1, 0.15) is 35.6 Å². The Kier molecular flexibility index (Phi) is 8.68. The van der Waals surface area contributed by atoms with Crippen molar-refractivity contribution in [2.45, 2.75) is 45.1 Å². The molecule has 1 N–H and O–H groups in total. The van der Waals surface area contributed by atoms with Gasteiger partial charge >= 0.3 is 5.97 Å². The van der Waals surface area contributed by atoms with Gasteiger partial charge in [0.2, 0.25) is 5.92 Å². The Balaban J connectivity index is 1.14. The number of carbonyl (C=O) groups is 1. The van der Waals surface area contributed by atoms with E-state index in [9.17, 15) is 33.1 Å². The predicted molar refractivity (Wildman–Crippen MR) is 183 cm³/mol. The number of ether oxygens (including phenoxy) is 1. The number of pyridine rings is 2. The molecule has 1 aliphatic carbocycles. The van der Waals surface area contributed by atoms with Crippen LogP contribution in [0.1, 0.15) is 47.4 Å². The molecule has 0 amide bonds. The molecule has 7 rings (SSSR count). The Labute approximate surface area is 292 Å². The molecule has 5 heterocycles. The van der Waals surface area contributed by atoms with Crippen molar-refractivity contribution in [1.29, 1.82) is 5.26 Å². The van der Waals surface area contributed by atoms with Crippen LogP contribution in [-0.4, -0.2) is 62.9 Å². The molecule has 1 aromatic carbocycles. The molecule has 10 nitrogen and oxygen atoms in total. The molecule has 0 radical (unpaired) electrons. The molecule has 2 aliphatic rings. The average molecular weight is 723 g/mol. The number of rotatable bonds is 9. The summed E-state index contributed by atoms with van der Waals surface area (Å²) in [6.45, 7) is 1.81. The minimum absolute atomic E-state index is 0.0459. The highest BCUT2D eigenvalue weighted by atomic mass is 35.5. The Bertz CT molecular complexity index is 2260. The maximum atomic E-state index is 14.0. The highest BCUT2D eigenvalue weighted by Gasteiger charge is 2.60. The molecule has 0 bridgehead atoms. The van der Waals surface area contributed by atoms with Gasteiger partial charge in [-0.25, -0.2) is 23.5 Å². The van der Waals surface area contributed by atoms with Gasteiger partial charge in [0.15, 0.2) is 0 Å². The van der Waals surface area contributed by atoms with E-state index in [1.165, 1.54) is 33.7 Å². The second kappa shape index (κ2) is 12.9. The van der Waals surface area contributed by atoms with Crippen molar-refractivity contribution in [2.24, 2.45) is 11.3 Å². The first kappa shape index (κ1) is 33.7. The first-order chi connectivity index (χ1) is 23.9. The normalized spacial score (nSPS) is 17.1. The third kappa shape index (κ3) is 5.82. The van der Waals surface area contributed by atoms with Crippen molar-refractivity contribution >= 4 is 55.8 Å². The van der Waals surface area contributed by atoms with Gasteiger partial charge in [-0.05, 0) is 49.9 Å². The number of carboxylic acids is 1. The summed E-state index contributed by atoms with van der Waals surface area (Å²) in [5.74, 6) is -2.94. The standard InChI is InChI=1S/C35H30ClF3N6O4S/c1-19-43-26-14-42-31(44-8-5-20(6-9-44)34(18-37)16-35(38,39)17-34)24(13-40)28(26)32(46)45(19)10-11-49-27-3-2-21(36)12-23(27)22-4-7-41-29-25(33(47)48)15-50-30(22)29/h2-4,7,12,14-15,20H,5-6,8-11,16-18H2,1H3,(H,47,48). The number of nitriles is 1. The lowest BCUT2D eigenvalue weighted by Gasteiger charge is -2.52. The van der Waals surface area contributed by atoms with Crippen LogP contribution in [0.3, 0.4) is 0 Å². The molecule has 0 spiro atoms. The van der Waals surface area contributed by atoms with Crippen molar-refractivity contribution in [3.63, 3.8) is 0 Å². The highest BCUT2D eigenvalue weighted by Crippen LogP contribution is 2.58. The zero-order chi connectivity index (χ0) is 35.4. The van der Waals surface area contributed by atoms with E-state index >= 15 is 0 Å². The molecule has 1 saturated carbocycles. The van der Waals surface area contributed by atoms with Crippen LogP contribution in [0.5, 0.6) is 5.75 Å². The van der Waals surface area contributed by atoms with E-state index in [1.54, 1.807) is 31.2 Å². The molecule has 50 heavy (non-hydrogen) atoms. The van der Waals surface area contributed by atoms with Gasteiger partial charge in [-0.1, -0.05) is 11.6 Å². The molecule has 258 valence electrons. The van der Waals surface area contributed by atoms with Gasteiger partial charge < -0.3 is 14.7 Å². The van der Waals surface area contributed by atoms with Crippen LogP contribution in [0, 0.1) is 29.6 Å². The molecule has 2 fully saturated rings. The van der Waals surface area contributed by atoms with Crippen LogP contribution >= 0.6 is 22.9 Å². The third-order valence-corrected chi connectivity index (χ3v) is 11.2. The van der Waals surface area contributed by atoms with Crippen molar-refractivity contribution in [2.75, 3.05) is 31.3 Å². The number of halogens is 4. The van der Waals surface area contributed by atoms with E-state index in [2.05, 4.69) is 21.0 Å². The number of hydrogen-bond acceptors (Lipinski definition) is 9. The first-order valence-corrected chi connectivity index (χ1v) is 17.2. The quantitative estimate of drug-likeness (QED) is 0.167. The first-order valence-electron chi connectivity index (χ1n) is 16.0. The minimum atomic E-state index is -2.82. The van der Waals surface area contributed by atoms with Crippen molar-refractivity contribution < 1.29 is 27.8 Å². The largest absolute Gasteiger partial charge is 0.491 e. The lowest BCUT2D eigenvalue weighted by Crippen LogP contribution is -2.54. The summed E-state index contributed by atoms with van der Waals surface area (Å²) in [6, 6.07) is 8.99. The van der Waals surface area contributed by atoms with E-state index in [1.807, 2.05) is 4.90 Å². The average Bonchev–Trinajstić information content (AvgIpc) is 3.53. The van der Waals surface area contributed by atoms with E-state index in [4.69, 9.17) is 16.3 Å². The number of thiophene rings is 1. The van der Waals surface area contributed by atoms with Gasteiger partial charge in [-0.3, -0.25) is 18.7 Å². The summed E-state index contributed by atoms with van der Waals surface area (Å²) in [5.41, 5.74) is 0.666. The number of fused-ring (bicyclic) bond motifs is 2. The van der Waals surface area contributed by atoms with Crippen LogP contribution in [0.4, 0.5) is 19.0 Å². The van der Waals surface area contributed by atoms with Gasteiger partial charge in [0, 0.05) is 59.1 Å². The Morgan fingerprint density at radius 2 is 1.96 bits per heavy atom. The van der Waals surface area contributed by atoms with E-state index in [-0.39, 0.29) is 41.1 Å². The summed E-state index contributed by atoms with van der Waals surface area (Å²) in [5, 5.41) is 21.9. The molecular formula is C35H30ClF3N6O4S.